The molecule has 0 aromatic rings. The van der Waals surface area contributed by atoms with E-state index >= 15 is 0 Å². The molecule has 0 spiro atoms. The van der Waals surface area contributed by atoms with E-state index in [4.69, 9.17) is 20.7 Å². The molecule has 0 atom stereocenters. The zero-order chi connectivity index (χ0) is 19.5. The molecule has 0 aromatic heterocycles. The Morgan fingerprint density at radius 1 is 0.708 bits per heavy atom. The molecule has 0 aliphatic carbocycles. The fraction of sp³-hybridized carbons (Fsp3) is 0.182. The maximum atomic E-state index is 12.1. The molecule has 128 valence electrons. The number of allylic oxidation sites excluding steroid dienone is 2. The smallest absolute Gasteiger partial charge is 0.455 e. The van der Waals surface area contributed by atoms with E-state index in [1.165, 1.54) is 0 Å². The molecule has 2 N–H and O–H groups in total. The normalized spacial score (nSPS) is 13.8. The highest BCUT2D eigenvalue weighted by Crippen LogP contribution is 2.25. The van der Waals surface area contributed by atoms with Gasteiger partial charge in [-0.1, -0.05) is 0 Å². The first kappa shape index (κ1) is 20.6. The van der Waals surface area contributed by atoms with Gasteiger partial charge in [0.2, 0.25) is 0 Å². The maximum absolute atomic E-state index is 12.1. The number of nitrogens with zero attached hydrogens (tertiary/aromatic N) is 2. The van der Waals surface area contributed by atoms with Gasteiger partial charge in [0.05, 0.1) is 0 Å². The van der Waals surface area contributed by atoms with Crippen molar-refractivity contribution in [1.29, 1.82) is 10.5 Å². The zero-order valence-corrected chi connectivity index (χ0v) is 10.8. The van der Waals surface area contributed by atoms with Crippen LogP contribution in [0.5, 0.6) is 0 Å². The van der Waals surface area contributed by atoms with E-state index in [9.17, 15) is 40.7 Å². The molecule has 0 saturated heterocycles. The number of aliphatic hydroxyl groups excluding tert-OH is 2. The Hall–Kier alpha value is -3.35. The molecule has 0 unspecified atom stereocenters. The molecular formula is C11H2F6N2O5. The summed E-state index contributed by atoms with van der Waals surface area (Å²) in [6.45, 7) is 0. The Morgan fingerprint density at radius 2 is 0.958 bits per heavy atom. The van der Waals surface area contributed by atoms with E-state index in [1.807, 2.05) is 0 Å². The lowest BCUT2D eigenvalue weighted by Crippen LogP contribution is -2.28. The number of hydrogen-bond donors (Lipinski definition) is 2. The van der Waals surface area contributed by atoms with Crippen LogP contribution in [0.2, 0.25) is 0 Å². The van der Waals surface area contributed by atoms with Crippen LogP contribution < -0.4 is 0 Å². The van der Waals surface area contributed by atoms with Gasteiger partial charge in [-0.3, -0.25) is 14.4 Å². The topological polar surface area (TPSA) is 139 Å². The Balaban J connectivity index is 6.27. The Bertz CT molecular complexity index is 683. The Morgan fingerprint density at radius 3 is 1.12 bits per heavy atom. The van der Waals surface area contributed by atoms with Gasteiger partial charge < -0.3 is 10.2 Å². The number of ketones is 3. The first-order valence-electron chi connectivity index (χ1n) is 5.14. The Kier molecular flexibility index (Phi) is 5.87. The highest BCUT2D eigenvalue weighted by Gasteiger charge is 2.45. The summed E-state index contributed by atoms with van der Waals surface area (Å²) in [6, 6.07) is 0.952. The molecule has 0 heterocycles. The van der Waals surface area contributed by atoms with Crippen LogP contribution in [0.3, 0.4) is 0 Å². The number of carbonyl (C=O) groups is 3. The molecule has 0 bridgehead atoms. The minimum absolute atomic E-state index is 0.476. The number of rotatable bonds is 4. The molecule has 0 amide bonds. The number of hydrogen-bond acceptors (Lipinski definition) is 7. The fourth-order valence-electron chi connectivity index (χ4n) is 1.05. The van der Waals surface area contributed by atoms with Gasteiger partial charge in [0.25, 0.3) is 17.3 Å². The fourth-order valence-corrected chi connectivity index (χ4v) is 1.05. The summed E-state index contributed by atoms with van der Waals surface area (Å²) < 4.78 is 72.8. The average Bonchev–Trinajstić information content (AvgIpc) is 2.45. The summed E-state index contributed by atoms with van der Waals surface area (Å²) in [7, 11) is 0. The van der Waals surface area contributed by atoms with Crippen molar-refractivity contribution >= 4 is 17.3 Å². The number of Topliss-reactive ketones (excluding diaryl/α,β-unsaturated/α-hetero) is 3. The van der Waals surface area contributed by atoms with Gasteiger partial charge in [0.1, 0.15) is 12.1 Å². The van der Waals surface area contributed by atoms with Crippen molar-refractivity contribution in [3.05, 3.63) is 22.7 Å². The molecule has 0 saturated carbocycles. The van der Waals surface area contributed by atoms with Crippen LogP contribution in [0.1, 0.15) is 0 Å². The van der Waals surface area contributed by atoms with Crippen LogP contribution in [-0.4, -0.2) is 39.9 Å². The lowest BCUT2D eigenvalue weighted by Gasteiger charge is -2.07. The van der Waals surface area contributed by atoms with Gasteiger partial charge in [-0.25, -0.2) is 0 Å². The first-order chi connectivity index (χ1) is 10.7. The van der Waals surface area contributed by atoms with Crippen molar-refractivity contribution in [2.24, 2.45) is 0 Å². The summed E-state index contributed by atoms with van der Waals surface area (Å²) >= 11 is 0. The zero-order valence-electron chi connectivity index (χ0n) is 10.8. The summed E-state index contributed by atoms with van der Waals surface area (Å²) in [6.07, 6.45) is -11.5. The highest BCUT2D eigenvalue weighted by atomic mass is 19.4. The summed E-state index contributed by atoms with van der Waals surface area (Å²) in [4.78, 5) is 32.9. The molecule has 0 fully saturated rings. The predicted molar refractivity (Wildman–Crippen MR) is 57.7 cm³/mol. The second-order valence-electron chi connectivity index (χ2n) is 3.65. The van der Waals surface area contributed by atoms with Crippen molar-refractivity contribution in [2.45, 2.75) is 12.4 Å². The Labute approximate surface area is 127 Å². The van der Waals surface area contributed by atoms with Gasteiger partial charge >= 0.3 is 12.4 Å². The number of halogens is 6. The quantitative estimate of drug-likeness (QED) is 0.337. The van der Waals surface area contributed by atoms with Gasteiger partial charge in [-0.15, -0.1) is 0 Å². The van der Waals surface area contributed by atoms with E-state index in [0.717, 1.165) is 0 Å². The van der Waals surface area contributed by atoms with Gasteiger partial charge in [0, 0.05) is 0 Å². The average molecular weight is 356 g/mol. The van der Waals surface area contributed by atoms with Crippen LogP contribution in [0.15, 0.2) is 22.7 Å². The predicted octanol–water partition coefficient (Wildman–Crippen LogP) is 1.49. The largest absolute Gasteiger partial charge is 0.503 e. The lowest BCUT2D eigenvalue weighted by atomic mass is 10.0. The van der Waals surface area contributed by atoms with Gasteiger partial charge in [-0.05, 0) is 0 Å². The maximum Gasteiger partial charge on any atom is 0.455 e. The standard InChI is InChI=1S/C11H2F6N2O5/c12-10(13,14)8(23)3(1-18)5(20)7(22)6(21)4(2-19)9(24)11(15,16)17/h20-21H. The third-order valence-corrected chi connectivity index (χ3v) is 2.10. The highest BCUT2D eigenvalue weighted by molar-refractivity contribution is 6.17. The van der Waals surface area contributed by atoms with E-state index in [1.54, 1.807) is 0 Å². The molecule has 0 aliphatic heterocycles. The number of alkyl halides is 6. The minimum Gasteiger partial charge on any atom is -0.503 e. The molecule has 0 aliphatic rings. The number of nitriles is 2. The van der Waals surface area contributed by atoms with Crippen molar-refractivity contribution in [3.63, 3.8) is 0 Å². The molecular weight excluding hydrogens is 354 g/mol. The molecule has 13 heteroatoms. The van der Waals surface area contributed by atoms with Crippen molar-refractivity contribution in [1.82, 2.24) is 0 Å². The van der Waals surface area contributed by atoms with Crippen LogP contribution in [0.25, 0.3) is 0 Å². The van der Waals surface area contributed by atoms with Crippen molar-refractivity contribution < 1.29 is 50.9 Å². The first-order valence-corrected chi connectivity index (χ1v) is 5.14. The van der Waals surface area contributed by atoms with E-state index in [0.29, 0.717) is 12.1 Å². The van der Waals surface area contributed by atoms with Crippen molar-refractivity contribution in [2.75, 3.05) is 0 Å². The van der Waals surface area contributed by atoms with Crippen LogP contribution in [0.4, 0.5) is 26.3 Å². The summed E-state index contributed by atoms with van der Waals surface area (Å²) in [5.74, 6) is -13.4. The SMILES string of the molecule is N#CC(C(=O)C(F)(F)F)=C(O)C(=O)C(O)=C(C#N)C(=O)C(F)(F)F. The summed E-state index contributed by atoms with van der Waals surface area (Å²) in [5.41, 5.74) is -4.51. The third-order valence-electron chi connectivity index (χ3n) is 2.10. The molecule has 24 heavy (non-hydrogen) atoms. The van der Waals surface area contributed by atoms with Crippen LogP contribution in [0, 0.1) is 22.7 Å². The van der Waals surface area contributed by atoms with Crippen LogP contribution in [-0.2, 0) is 14.4 Å². The van der Waals surface area contributed by atoms with Gasteiger partial charge in [0.15, 0.2) is 22.7 Å². The third kappa shape index (κ3) is 4.33. The van der Waals surface area contributed by atoms with E-state index in [2.05, 4.69) is 0 Å². The molecule has 0 radical (unpaired) electrons. The van der Waals surface area contributed by atoms with Crippen molar-refractivity contribution in [3.8, 4) is 12.1 Å². The second kappa shape index (κ2) is 6.82. The number of carbonyl (C=O) groups excluding carboxylic acids is 3. The summed E-state index contributed by atoms with van der Waals surface area (Å²) in [5, 5.41) is 34.9. The van der Waals surface area contributed by atoms with Crippen LogP contribution >= 0.6 is 0 Å². The monoisotopic (exact) mass is 356 g/mol. The molecule has 0 rings (SSSR count). The minimum atomic E-state index is -5.74. The second-order valence-corrected chi connectivity index (χ2v) is 3.65. The van der Waals surface area contributed by atoms with E-state index < -0.39 is 52.4 Å². The number of aliphatic hydroxyl groups is 2. The molecule has 0 aromatic carbocycles. The van der Waals surface area contributed by atoms with Gasteiger partial charge in [-0.2, -0.15) is 36.9 Å². The lowest BCUT2D eigenvalue weighted by molar-refractivity contribution is -0.166. The molecule has 7 nitrogen and oxygen atoms in total. The van der Waals surface area contributed by atoms with E-state index in [-0.39, 0.29) is 0 Å².